The number of ether oxygens (including phenoxy) is 1. The molecule has 0 aliphatic heterocycles. The molecule has 1 heterocycles. The molecule has 0 spiro atoms. The molecule has 1 amide bonds. The lowest BCUT2D eigenvalue weighted by Crippen LogP contribution is -2.24. The Balaban J connectivity index is 1.86. The van der Waals surface area contributed by atoms with Gasteiger partial charge in [-0.25, -0.2) is 5.43 Å². The lowest BCUT2D eigenvalue weighted by molar-refractivity contribution is -0.380. The standard InChI is InChI=1S/C17H19N3O4S/c1-3-12(2)14-6-4-5-7-15(14)24-11-16(21)19-18-10-13-8-9-17(25-13)20(22)23/h4-10,12H,3,11H2,1-2H3,(H,19,21). The number of hydrogen-bond donors (Lipinski definition) is 1. The third-order valence-corrected chi connectivity index (χ3v) is 4.57. The van der Waals surface area contributed by atoms with Gasteiger partial charge >= 0.3 is 5.00 Å². The highest BCUT2D eigenvalue weighted by Gasteiger charge is 2.11. The fraction of sp³-hybridized carbons (Fsp3) is 0.294. The Kier molecular flexibility index (Phi) is 6.64. The molecule has 2 aromatic rings. The van der Waals surface area contributed by atoms with E-state index in [1.807, 2.05) is 24.3 Å². The molecule has 1 atom stereocenters. The van der Waals surface area contributed by atoms with Gasteiger partial charge in [-0.3, -0.25) is 14.9 Å². The van der Waals surface area contributed by atoms with E-state index in [2.05, 4.69) is 24.4 Å². The number of thiophene rings is 1. The van der Waals surface area contributed by atoms with Crippen molar-refractivity contribution in [1.82, 2.24) is 5.43 Å². The molecule has 0 saturated carbocycles. The predicted molar refractivity (Wildman–Crippen MR) is 97.4 cm³/mol. The van der Waals surface area contributed by atoms with Gasteiger partial charge in [-0.2, -0.15) is 5.10 Å². The molecule has 1 aromatic heterocycles. The SMILES string of the molecule is CCC(C)c1ccccc1OCC(=O)NN=Cc1ccc([N+](=O)[O-])s1. The first-order chi connectivity index (χ1) is 12.0. The summed E-state index contributed by atoms with van der Waals surface area (Å²) in [5, 5.41) is 14.4. The van der Waals surface area contributed by atoms with Crippen LogP contribution in [0.1, 0.15) is 36.6 Å². The highest BCUT2D eigenvalue weighted by molar-refractivity contribution is 7.16. The van der Waals surface area contributed by atoms with Crippen molar-refractivity contribution in [3.63, 3.8) is 0 Å². The van der Waals surface area contributed by atoms with Crippen LogP contribution >= 0.6 is 11.3 Å². The largest absolute Gasteiger partial charge is 0.483 e. The highest BCUT2D eigenvalue weighted by Crippen LogP contribution is 2.28. The number of nitro groups is 1. The van der Waals surface area contributed by atoms with E-state index in [-0.39, 0.29) is 11.6 Å². The number of carbonyl (C=O) groups excluding carboxylic acids is 1. The number of amides is 1. The first-order valence-corrected chi connectivity index (χ1v) is 8.60. The van der Waals surface area contributed by atoms with Crippen LogP contribution in [0, 0.1) is 10.1 Å². The number of nitrogens with zero attached hydrogens (tertiary/aromatic N) is 2. The molecule has 1 aromatic carbocycles. The Morgan fingerprint density at radius 1 is 1.40 bits per heavy atom. The fourth-order valence-corrected chi connectivity index (χ4v) is 2.79. The molecule has 0 saturated heterocycles. The molecule has 7 nitrogen and oxygen atoms in total. The van der Waals surface area contributed by atoms with E-state index < -0.39 is 10.8 Å². The fourth-order valence-electron chi connectivity index (χ4n) is 2.09. The van der Waals surface area contributed by atoms with Gasteiger partial charge in [0.25, 0.3) is 5.91 Å². The predicted octanol–water partition coefficient (Wildman–Crippen LogP) is 3.70. The maximum Gasteiger partial charge on any atom is 0.324 e. The average Bonchev–Trinajstić information content (AvgIpc) is 3.09. The first-order valence-electron chi connectivity index (χ1n) is 7.79. The summed E-state index contributed by atoms with van der Waals surface area (Å²) in [6.45, 7) is 4.04. The van der Waals surface area contributed by atoms with Gasteiger partial charge in [-0.1, -0.05) is 43.4 Å². The minimum Gasteiger partial charge on any atom is -0.483 e. The molecule has 8 heteroatoms. The zero-order valence-corrected chi connectivity index (χ0v) is 14.8. The summed E-state index contributed by atoms with van der Waals surface area (Å²) in [5.41, 5.74) is 3.41. The van der Waals surface area contributed by atoms with E-state index in [9.17, 15) is 14.9 Å². The maximum atomic E-state index is 11.8. The summed E-state index contributed by atoms with van der Waals surface area (Å²) < 4.78 is 5.59. The van der Waals surface area contributed by atoms with Crippen LogP contribution in [0.15, 0.2) is 41.5 Å². The van der Waals surface area contributed by atoms with Crippen LogP contribution in [0.4, 0.5) is 5.00 Å². The number of hydrogen-bond acceptors (Lipinski definition) is 6. The molecule has 1 N–H and O–H groups in total. The smallest absolute Gasteiger partial charge is 0.324 e. The van der Waals surface area contributed by atoms with Crippen molar-refractivity contribution in [3.8, 4) is 5.75 Å². The summed E-state index contributed by atoms with van der Waals surface area (Å²) in [7, 11) is 0. The normalized spacial score (nSPS) is 12.1. The van der Waals surface area contributed by atoms with E-state index in [1.165, 1.54) is 12.3 Å². The Morgan fingerprint density at radius 2 is 2.16 bits per heavy atom. The second-order valence-corrected chi connectivity index (χ2v) is 6.46. The van der Waals surface area contributed by atoms with Crippen molar-refractivity contribution < 1.29 is 14.5 Å². The van der Waals surface area contributed by atoms with Crippen LogP contribution < -0.4 is 10.2 Å². The van der Waals surface area contributed by atoms with Crippen LogP contribution in [-0.2, 0) is 4.79 Å². The van der Waals surface area contributed by atoms with Gasteiger partial charge in [0, 0.05) is 6.07 Å². The molecule has 0 radical (unpaired) electrons. The number of benzene rings is 1. The molecule has 0 fully saturated rings. The number of nitrogens with one attached hydrogen (secondary N) is 1. The minimum atomic E-state index is -0.469. The van der Waals surface area contributed by atoms with Crippen LogP contribution in [0.3, 0.4) is 0 Å². The number of rotatable bonds is 8. The molecular formula is C17H19N3O4S. The van der Waals surface area contributed by atoms with Crippen molar-refractivity contribution in [2.24, 2.45) is 5.10 Å². The molecule has 2 rings (SSSR count). The Morgan fingerprint density at radius 3 is 2.84 bits per heavy atom. The summed E-state index contributed by atoms with van der Waals surface area (Å²) in [6.07, 6.45) is 2.34. The van der Waals surface area contributed by atoms with Crippen LogP contribution in [0.25, 0.3) is 0 Å². The number of hydrazone groups is 1. The second kappa shape index (κ2) is 8.93. The second-order valence-electron chi connectivity index (χ2n) is 5.36. The molecule has 0 bridgehead atoms. The van der Waals surface area contributed by atoms with Gasteiger partial charge in [0.1, 0.15) is 5.75 Å². The van der Waals surface area contributed by atoms with Gasteiger partial charge < -0.3 is 4.74 Å². The van der Waals surface area contributed by atoms with E-state index in [0.29, 0.717) is 16.5 Å². The molecule has 25 heavy (non-hydrogen) atoms. The van der Waals surface area contributed by atoms with Gasteiger partial charge in [0.05, 0.1) is 16.0 Å². The zero-order valence-electron chi connectivity index (χ0n) is 14.0. The average molecular weight is 361 g/mol. The van der Waals surface area contributed by atoms with Gasteiger partial charge in [0.15, 0.2) is 6.61 Å². The third-order valence-electron chi connectivity index (χ3n) is 3.59. The van der Waals surface area contributed by atoms with Crippen LogP contribution in [-0.4, -0.2) is 23.7 Å². The van der Waals surface area contributed by atoms with Crippen molar-refractivity contribution in [3.05, 3.63) is 57.0 Å². The minimum absolute atomic E-state index is 0.0257. The van der Waals surface area contributed by atoms with E-state index in [1.54, 1.807) is 6.07 Å². The Labute approximate surface area is 149 Å². The van der Waals surface area contributed by atoms with E-state index >= 15 is 0 Å². The molecule has 0 aliphatic rings. The highest BCUT2D eigenvalue weighted by atomic mass is 32.1. The number of carbonyl (C=O) groups is 1. The third kappa shape index (κ3) is 5.39. The molecule has 132 valence electrons. The van der Waals surface area contributed by atoms with Crippen LogP contribution in [0.2, 0.25) is 0 Å². The summed E-state index contributed by atoms with van der Waals surface area (Å²) in [6, 6.07) is 10.6. The monoisotopic (exact) mass is 361 g/mol. The van der Waals surface area contributed by atoms with Crippen LogP contribution in [0.5, 0.6) is 5.75 Å². The maximum absolute atomic E-state index is 11.8. The topological polar surface area (TPSA) is 93.8 Å². The summed E-state index contributed by atoms with van der Waals surface area (Å²) in [4.78, 5) is 22.5. The first kappa shape index (κ1) is 18.6. The lowest BCUT2D eigenvalue weighted by Gasteiger charge is -2.15. The summed E-state index contributed by atoms with van der Waals surface area (Å²) in [5.74, 6) is 0.623. The number of para-hydroxylation sites is 1. The van der Waals surface area contributed by atoms with Gasteiger partial charge in [-0.15, -0.1) is 0 Å². The quantitative estimate of drug-likeness (QED) is 0.441. The van der Waals surface area contributed by atoms with E-state index in [4.69, 9.17) is 4.74 Å². The lowest BCUT2D eigenvalue weighted by atomic mass is 9.98. The van der Waals surface area contributed by atoms with Gasteiger partial charge in [0.2, 0.25) is 0 Å². The van der Waals surface area contributed by atoms with Gasteiger partial charge in [-0.05, 0) is 30.0 Å². The van der Waals surface area contributed by atoms with Crippen molar-refractivity contribution >= 4 is 28.5 Å². The van der Waals surface area contributed by atoms with E-state index in [0.717, 1.165) is 23.3 Å². The summed E-state index contributed by atoms with van der Waals surface area (Å²) >= 11 is 0.980. The van der Waals surface area contributed by atoms with Crippen molar-refractivity contribution in [1.29, 1.82) is 0 Å². The molecular weight excluding hydrogens is 342 g/mol. The Hall–Kier alpha value is -2.74. The van der Waals surface area contributed by atoms with Crippen molar-refractivity contribution in [2.45, 2.75) is 26.2 Å². The zero-order chi connectivity index (χ0) is 18.2. The Bertz CT molecular complexity index is 773. The molecule has 1 unspecified atom stereocenters. The molecule has 0 aliphatic carbocycles. The van der Waals surface area contributed by atoms with Crippen molar-refractivity contribution in [2.75, 3.05) is 6.61 Å².